The van der Waals surface area contributed by atoms with E-state index >= 15 is 0 Å². The fraction of sp³-hybridized carbons (Fsp3) is 0.421. The van der Waals surface area contributed by atoms with Gasteiger partial charge in [0, 0.05) is 18.0 Å². The van der Waals surface area contributed by atoms with Crippen LogP contribution in [0.15, 0.2) is 34.5 Å². The first-order chi connectivity index (χ1) is 12.8. The van der Waals surface area contributed by atoms with E-state index in [9.17, 15) is 13.2 Å². The van der Waals surface area contributed by atoms with Crippen LogP contribution in [0.3, 0.4) is 0 Å². The van der Waals surface area contributed by atoms with Crippen LogP contribution in [0.2, 0.25) is 0 Å². The Labute approximate surface area is 165 Å². The van der Waals surface area contributed by atoms with Crippen molar-refractivity contribution in [3.63, 3.8) is 0 Å². The predicted molar refractivity (Wildman–Crippen MR) is 108 cm³/mol. The second-order valence-electron chi connectivity index (χ2n) is 6.07. The second kappa shape index (κ2) is 9.34. The molecule has 0 spiro atoms. The van der Waals surface area contributed by atoms with Crippen LogP contribution in [-0.2, 0) is 27.8 Å². The third-order valence-electron chi connectivity index (χ3n) is 4.23. The van der Waals surface area contributed by atoms with Crippen molar-refractivity contribution in [2.45, 2.75) is 37.9 Å². The molecular weight excluding hydrogens is 384 g/mol. The number of carbonyl (C=O) groups is 1. The number of hydrogen-bond acceptors (Lipinski definition) is 5. The lowest BCUT2D eigenvalue weighted by molar-refractivity contribution is -0.120. The largest absolute Gasteiger partial charge is 0.496 e. The van der Waals surface area contributed by atoms with E-state index in [0.717, 1.165) is 21.8 Å². The molecule has 2 rings (SSSR count). The molecule has 0 saturated carbocycles. The molecule has 6 nitrogen and oxygen atoms in total. The van der Waals surface area contributed by atoms with E-state index in [1.165, 1.54) is 15.6 Å². The van der Waals surface area contributed by atoms with Crippen LogP contribution in [0.25, 0.3) is 0 Å². The zero-order chi connectivity index (χ0) is 20.0. The van der Waals surface area contributed by atoms with Gasteiger partial charge in [0.1, 0.15) is 9.96 Å². The van der Waals surface area contributed by atoms with Crippen molar-refractivity contribution in [2.24, 2.45) is 0 Å². The van der Waals surface area contributed by atoms with Crippen molar-refractivity contribution in [2.75, 3.05) is 20.2 Å². The topological polar surface area (TPSA) is 75.7 Å². The van der Waals surface area contributed by atoms with Gasteiger partial charge in [0.05, 0.1) is 20.1 Å². The third kappa shape index (κ3) is 5.31. The Bertz CT molecular complexity index is 887. The summed E-state index contributed by atoms with van der Waals surface area (Å²) >= 11 is 1.19. The second-order valence-corrected chi connectivity index (χ2v) is 9.40. The molecule has 0 aliphatic heterocycles. The van der Waals surface area contributed by atoms with E-state index in [1.807, 2.05) is 39.0 Å². The van der Waals surface area contributed by atoms with Gasteiger partial charge in [-0.25, -0.2) is 8.42 Å². The van der Waals surface area contributed by atoms with Gasteiger partial charge >= 0.3 is 0 Å². The Morgan fingerprint density at radius 3 is 2.52 bits per heavy atom. The number of aryl methyl sites for hydroxylation is 1. The van der Waals surface area contributed by atoms with Crippen LogP contribution >= 0.6 is 11.3 Å². The first kappa shape index (κ1) is 21.4. The SMILES string of the molecule is CCN(CC)S(=O)(=O)c1ccc(CNC(=O)Cc2ccc(C)c(OC)c2)s1. The number of hydrogen-bond donors (Lipinski definition) is 1. The molecule has 1 aromatic carbocycles. The Hall–Kier alpha value is -1.90. The quantitative estimate of drug-likeness (QED) is 0.690. The van der Waals surface area contributed by atoms with Gasteiger partial charge < -0.3 is 10.1 Å². The molecule has 148 valence electrons. The van der Waals surface area contributed by atoms with E-state index in [-0.39, 0.29) is 12.3 Å². The molecule has 0 unspecified atom stereocenters. The monoisotopic (exact) mass is 410 g/mol. The molecule has 1 amide bonds. The van der Waals surface area contributed by atoms with Crippen molar-refractivity contribution < 1.29 is 17.9 Å². The number of nitrogens with zero attached hydrogens (tertiary/aromatic N) is 1. The fourth-order valence-corrected chi connectivity index (χ4v) is 5.60. The minimum absolute atomic E-state index is 0.123. The highest BCUT2D eigenvalue weighted by molar-refractivity contribution is 7.91. The highest BCUT2D eigenvalue weighted by atomic mass is 32.2. The van der Waals surface area contributed by atoms with Gasteiger partial charge in [0.15, 0.2) is 0 Å². The molecule has 8 heteroatoms. The van der Waals surface area contributed by atoms with Gasteiger partial charge in [-0.05, 0) is 36.2 Å². The van der Waals surface area contributed by atoms with E-state index in [1.54, 1.807) is 19.2 Å². The van der Waals surface area contributed by atoms with E-state index in [2.05, 4.69) is 5.32 Å². The number of benzene rings is 1. The van der Waals surface area contributed by atoms with Crippen LogP contribution in [-0.4, -0.2) is 38.8 Å². The first-order valence-corrected chi connectivity index (χ1v) is 11.1. The summed E-state index contributed by atoms with van der Waals surface area (Å²) < 4.78 is 32.0. The molecule has 0 aliphatic rings. The predicted octanol–water partition coefficient (Wildman–Crippen LogP) is 2.95. The van der Waals surface area contributed by atoms with Gasteiger partial charge in [0.2, 0.25) is 5.91 Å². The van der Waals surface area contributed by atoms with Crippen molar-refractivity contribution >= 4 is 27.3 Å². The van der Waals surface area contributed by atoms with Crippen molar-refractivity contribution in [3.8, 4) is 5.75 Å². The van der Waals surface area contributed by atoms with Gasteiger partial charge in [0.25, 0.3) is 10.0 Å². The number of thiophene rings is 1. The molecule has 0 aliphatic carbocycles. The van der Waals surface area contributed by atoms with Crippen LogP contribution in [0.1, 0.15) is 29.9 Å². The maximum Gasteiger partial charge on any atom is 0.252 e. The number of nitrogens with one attached hydrogen (secondary N) is 1. The van der Waals surface area contributed by atoms with Gasteiger partial charge in [-0.1, -0.05) is 26.0 Å². The Morgan fingerprint density at radius 2 is 1.89 bits per heavy atom. The molecule has 2 aromatic rings. The van der Waals surface area contributed by atoms with E-state index in [4.69, 9.17) is 4.74 Å². The summed E-state index contributed by atoms with van der Waals surface area (Å²) in [7, 11) is -1.85. The number of methoxy groups -OCH3 is 1. The standard InChI is InChI=1S/C19H26N2O4S2/c1-5-21(6-2)27(23,24)19-10-9-16(26-19)13-20-18(22)12-15-8-7-14(3)17(11-15)25-4/h7-11H,5-6,12-13H2,1-4H3,(H,20,22). The van der Waals surface area contributed by atoms with Crippen LogP contribution in [0.5, 0.6) is 5.75 Å². The number of rotatable bonds is 9. The zero-order valence-corrected chi connectivity index (χ0v) is 17.7. The van der Waals surface area contributed by atoms with Gasteiger partial charge in [-0.3, -0.25) is 4.79 Å². The molecule has 1 N–H and O–H groups in total. The summed E-state index contributed by atoms with van der Waals surface area (Å²) in [6.45, 7) is 6.75. The van der Waals surface area contributed by atoms with E-state index in [0.29, 0.717) is 23.8 Å². The fourth-order valence-electron chi connectivity index (χ4n) is 2.69. The smallest absolute Gasteiger partial charge is 0.252 e. The summed E-state index contributed by atoms with van der Waals surface area (Å²) in [5, 5.41) is 2.84. The summed E-state index contributed by atoms with van der Waals surface area (Å²) in [6.07, 6.45) is 0.243. The molecule has 0 radical (unpaired) electrons. The maximum absolute atomic E-state index is 12.5. The Balaban J connectivity index is 1.97. The minimum Gasteiger partial charge on any atom is -0.496 e. The van der Waals surface area contributed by atoms with Crippen LogP contribution < -0.4 is 10.1 Å². The maximum atomic E-state index is 12.5. The molecule has 1 heterocycles. The lowest BCUT2D eigenvalue weighted by Crippen LogP contribution is -2.30. The zero-order valence-electron chi connectivity index (χ0n) is 16.1. The summed E-state index contributed by atoms with van der Waals surface area (Å²) in [4.78, 5) is 13.0. The Morgan fingerprint density at radius 1 is 1.19 bits per heavy atom. The average Bonchev–Trinajstić information content (AvgIpc) is 3.12. The lowest BCUT2D eigenvalue weighted by atomic mass is 10.1. The summed E-state index contributed by atoms with van der Waals surface area (Å²) in [6, 6.07) is 9.03. The van der Waals surface area contributed by atoms with Crippen molar-refractivity contribution in [3.05, 3.63) is 46.3 Å². The number of amides is 1. The van der Waals surface area contributed by atoms with Crippen LogP contribution in [0, 0.1) is 6.92 Å². The average molecular weight is 411 g/mol. The summed E-state index contributed by atoms with van der Waals surface area (Å²) in [5.41, 5.74) is 1.88. The normalized spacial score (nSPS) is 11.6. The first-order valence-electron chi connectivity index (χ1n) is 8.80. The lowest BCUT2D eigenvalue weighted by Gasteiger charge is -2.16. The van der Waals surface area contributed by atoms with Crippen molar-refractivity contribution in [1.82, 2.24) is 9.62 Å². The summed E-state index contributed by atoms with van der Waals surface area (Å²) in [5.74, 6) is 0.632. The third-order valence-corrected chi connectivity index (χ3v) is 7.84. The molecule has 27 heavy (non-hydrogen) atoms. The molecular formula is C19H26N2O4S2. The minimum atomic E-state index is -3.45. The molecule has 1 aromatic heterocycles. The Kier molecular flexibility index (Phi) is 7.41. The van der Waals surface area contributed by atoms with Crippen LogP contribution in [0.4, 0.5) is 0 Å². The molecule has 0 bridgehead atoms. The van der Waals surface area contributed by atoms with Gasteiger partial charge in [-0.15, -0.1) is 11.3 Å². The molecule has 0 saturated heterocycles. The number of ether oxygens (including phenoxy) is 1. The van der Waals surface area contributed by atoms with Crippen molar-refractivity contribution in [1.29, 1.82) is 0 Å². The van der Waals surface area contributed by atoms with E-state index < -0.39 is 10.0 Å². The van der Waals surface area contributed by atoms with Gasteiger partial charge in [-0.2, -0.15) is 4.31 Å². The molecule has 0 fully saturated rings. The number of sulfonamides is 1. The number of carbonyl (C=O) groups excluding carboxylic acids is 1. The highest BCUT2D eigenvalue weighted by Crippen LogP contribution is 2.25. The molecule has 0 atom stereocenters. The highest BCUT2D eigenvalue weighted by Gasteiger charge is 2.23.